The van der Waals surface area contributed by atoms with E-state index in [1.54, 1.807) is 10.6 Å². The summed E-state index contributed by atoms with van der Waals surface area (Å²) in [4.78, 5) is 0. The first-order chi connectivity index (χ1) is 8.75. The number of rotatable bonds is 2. The van der Waals surface area contributed by atoms with Crippen LogP contribution in [0.4, 0.5) is 0 Å². The van der Waals surface area contributed by atoms with Crippen molar-refractivity contribution < 1.29 is 0 Å². The molecular formula is C16H24P2. The van der Waals surface area contributed by atoms with Crippen LogP contribution in [0, 0.1) is 0 Å². The lowest BCUT2D eigenvalue weighted by Gasteiger charge is -2.21. The van der Waals surface area contributed by atoms with Gasteiger partial charge in [-0.2, -0.15) is 0 Å². The quantitative estimate of drug-likeness (QED) is 0.709. The Morgan fingerprint density at radius 1 is 0.889 bits per heavy atom. The molecule has 0 spiro atoms. The van der Waals surface area contributed by atoms with E-state index in [1.165, 1.54) is 38.0 Å². The molecule has 0 amide bonds. The molecule has 98 valence electrons. The van der Waals surface area contributed by atoms with E-state index in [0.29, 0.717) is 0 Å². The molecule has 0 aliphatic carbocycles. The summed E-state index contributed by atoms with van der Waals surface area (Å²) in [7, 11) is 0.328. The summed E-state index contributed by atoms with van der Waals surface area (Å²) < 4.78 is 0. The Hall–Kier alpha value is 0.0800. The molecule has 0 N–H and O–H groups in total. The van der Waals surface area contributed by atoms with Crippen LogP contribution in [0.3, 0.4) is 0 Å². The molecule has 2 aliphatic heterocycles. The first-order valence-electron chi connectivity index (χ1n) is 7.39. The predicted octanol–water partition coefficient (Wildman–Crippen LogP) is 4.27. The van der Waals surface area contributed by atoms with Crippen LogP contribution < -0.4 is 10.6 Å². The zero-order valence-electron chi connectivity index (χ0n) is 11.6. The second kappa shape index (κ2) is 5.60. The van der Waals surface area contributed by atoms with Gasteiger partial charge in [-0.3, -0.25) is 0 Å². The summed E-state index contributed by atoms with van der Waals surface area (Å²) in [6.45, 7) is 4.93. The van der Waals surface area contributed by atoms with Crippen LogP contribution in [-0.4, -0.2) is 23.6 Å². The highest BCUT2D eigenvalue weighted by Crippen LogP contribution is 2.51. The van der Waals surface area contributed by atoms with Crippen LogP contribution in [0.25, 0.3) is 0 Å². The third-order valence-corrected chi connectivity index (χ3v) is 10.7. The fraction of sp³-hybridized carbons (Fsp3) is 0.625. The highest BCUT2D eigenvalue weighted by Gasteiger charge is 2.27. The van der Waals surface area contributed by atoms with Gasteiger partial charge in [-0.05, 0) is 66.0 Å². The van der Waals surface area contributed by atoms with Gasteiger partial charge in [-0.15, -0.1) is 0 Å². The van der Waals surface area contributed by atoms with Crippen LogP contribution >= 0.6 is 15.8 Å². The van der Waals surface area contributed by atoms with Gasteiger partial charge >= 0.3 is 0 Å². The number of hydrogen-bond donors (Lipinski definition) is 0. The van der Waals surface area contributed by atoms with E-state index in [2.05, 4.69) is 38.1 Å². The molecule has 2 aliphatic rings. The molecule has 2 heteroatoms. The van der Waals surface area contributed by atoms with Gasteiger partial charge in [-0.1, -0.05) is 47.9 Å². The second-order valence-electron chi connectivity index (χ2n) is 5.89. The van der Waals surface area contributed by atoms with Crippen molar-refractivity contribution in [2.75, 3.05) is 12.3 Å². The minimum atomic E-state index is 0.164. The van der Waals surface area contributed by atoms with Crippen LogP contribution in [0.2, 0.25) is 0 Å². The van der Waals surface area contributed by atoms with Crippen molar-refractivity contribution in [1.82, 2.24) is 0 Å². The third kappa shape index (κ3) is 2.52. The Bertz CT molecular complexity index is 380. The highest BCUT2D eigenvalue weighted by molar-refractivity contribution is 7.68. The molecule has 2 saturated heterocycles. The van der Waals surface area contributed by atoms with E-state index < -0.39 is 0 Å². The SMILES string of the molecule is C[C@H]1CCC[P@]1c1cccc([P@@]2CCC[C@@H]2C)c1. The lowest BCUT2D eigenvalue weighted by molar-refractivity contribution is 0.836. The van der Waals surface area contributed by atoms with Crippen molar-refractivity contribution in [1.29, 1.82) is 0 Å². The van der Waals surface area contributed by atoms with Crippen molar-refractivity contribution >= 4 is 26.5 Å². The molecule has 3 rings (SSSR count). The predicted molar refractivity (Wildman–Crippen MR) is 86.7 cm³/mol. The molecule has 4 atom stereocenters. The fourth-order valence-corrected chi connectivity index (χ4v) is 9.20. The fourth-order valence-electron chi connectivity index (χ4n) is 3.48. The minimum Gasteiger partial charge on any atom is -0.0724 e. The normalized spacial score (nSPS) is 36.1. The maximum Gasteiger partial charge on any atom is -0.0197 e. The lowest BCUT2D eigenvalue weighted by Crippen LogP contribution is -2.15. The van der Waals surface area contributed by atoms with E-state index in [4.69, 9.17) is 0 Å². The zero-order chi connectivity index (χ0) is 12.5. The van der Waals surface area contributed by atoms with Crippen molar-refractivity contribution in [3.05, 3.63) is 24.3 Å². The van der Waals surface area contributed by atoms with Crippen molar-refractivity contribution in [2.45, 2.75) is 50.8 Å². The van der Waals surface area contributed by atoms with Gasteiger partial charge in [0, 0.05) is 0 Å². The van der Waals surface area contributed by atoms with E-state index in [-0.39, 0.29) is 15.8 Å². The zero-order valence-corrected chi connectivity index (χ0v) is 13.4. The maximum absolute atomic E-state index is 2.60. The third-order valence-electron chi connectivity index (χ3n) is 4.60. The molecule has 2 fully saturated rings. The number of benzene rings is 1. The molecule has 0 radical (unpaired) electrons. The molecular weight excluding hydrogens is 254 g/mol. The van der Waals surface area contributed by atoms with Crippen LogP contribution in [0.1, 0.15) is 39.5 Å². The smallest absolute Gasteiger partial charge is 0.0197 e. The standard InChI is InChI=1S/C16H24P2/c1-13-6-4-10-17(13)15-8-3-9-16(12-15)18-11-5-7-14(18)2/h3,8-9,12-14H,4-7,10-11H2,1-2H3/t13-,14-,17-,18-/m0/s1. The average Bonchev–Trinajstić information content (AvgIpc) is 2.98. The molecule has 0 saturated carbocycles. The molecule has 18 heavy (non-hydrogen) atoms. The van der Waals surface area contributed by atoms with E-state index >= 15 is 0 Å². The largest absolute Gasteiger partial charge is 0.0724 e. The van der Waals surface area contributed by atoms with Gasteiger partial charge in [0.1, 0.15) is 0 Å². The summed E-state index contributed by atoms with van der Waals surface area (Å²) in [5.41, 5.74) is 1.92. The van der Waals surface area contributed by atoms with Gasteiger partial charge in [-0.25, -0.2) is 0 Å². The van der Waals surface area contributed by atoms with Crippen molar-refractivity contribution in [3.8, 4) is 0 Å². The highest BCUT2D eigenvalue weighted by atomic mass is 31.1. The Labute approximate surface area is 114 Å². The molecule has 1 aromatic rings. The molecule has 0 aromatic heterocycles. The maximum atomic E-state index is 2.60. The second-order valence-corrected chi connectivity index (χ2v) is 11.5. The Kier molecular flexibility index (Phi) is 4.07. The molecule has 0 bridgehead atoms. The van der Waals surface area contributed by atoms with Crippen molar-refractivity contribution in [2.24, 2.45) is 0 Å². The first kappa shape index (κ1) is 13.1. The summed E-state index contributed by atoms with van der Waals surface area (Å²) in [5, 5.41) is 3.41. The van der Waals surface area contributed by atoms with E-state index in [1.807, 2.05) is 0 Å². The van der Waals surface area contributed by atoms with Gasteiger partial charge in [0.05, 0.1) is 0 Å². The van der Waals surface area contributed by atoms with Gasteiger partial charge in [0.2, 0.25) is 0 Å². The molecule has 1 aromatic carbocycles. The van der Waals surface area contributed by atoms with Gasteiger partial charge < -0.3 is 0 Å². The van der Waals surface area contributed by atoms with Gasteiger partial charge in [0.15, 0.2) is 0 Å². The van der Waals surface area contributed by atoms with E-state index in [9.17, 15) is 0 Å². The molecule has 2 heterocycles. The summed E-state index contributed by atoms with van der Waals surface area (Å²) in [6, 6.07) is 9.76. The monoisotopic (exact) mass is 278 g/mol. The molecule has 0 nitrogen and oxygen atoms in total. The average molecular weight is 278 g/mol. The molecule has 0 unspecified atom stereocenters. The number of hydrogen-bond acceptors (Lipinski definition) is 0. The van der Waals surface area contributed by atoms with E-state index in [0.717, 1.165) is 11.3 Å². The summed E-state index contributed by atoms with van der Waals surface area (Å²) in [6.07, 6.45) is 8.80. The van der Waals surface area contributed by atoms with Crippen molar-refractivity contribution in [3.63, 3.8) is 0 Å². The van der Waals surface area contributed by atoms with Crippen LogP contribution in [-0.2, 0) is 0 Å². The minimum absolute atomic E-state index is 0.164. The Morgan fingerprint density at radius 2 is 1.39 bits per heavy atom. The van der Waals surface area contributed by atoms with Gasteiger partial charge in [0.25, 0.3) is 0 Å². The first-order valence-corrected chi connectivity index (χ1v) is 10.6. The van der Waals surface area contributed by atoms with Crippen LogP contribution in [0.15, 0.2) is 24.3 Å². The Morgan fingerprint density at radius 3 is 1.78 bits per heavy atom. The topological polar surface area (TPSA) is 0 Å². The van der Waals surface area contributed by atoms with Crippen LogP contribution in [0.5, 0.6) is 0 Å². The summed E-state index contributed by atoms with van der Waals surface area (Å²) in [5.74, 6) is 0. The summed E-state index contributed by atoms with van der Waals surface area (Å²) >= 11 is 0. The Balaban J connectivity index is 1.84. The lowest BCUT2D eigenvalue weighted by atomic mass is 10.3.